The fourth-order valence-corrected chi connectivity index (χ4v) is 3.40. The molecule has 0 unspecified atom stereocenters. The van der Waals surface area contributed by atoms with E-state index in [0.29, 0.717) is 35.5 Å². The number of carbonyl (C=O) groups excluding carboxylic acids is 1. The highest BCUT2D eigenvalue weighted by Crippen LogP contribution is 2.33. The first-order valence-electron chi connectivity index (χ1n) is 8.10. The van der Waals surface area contributed by atoms with Crippen molar-refractivity contribution in [3.05, 3.63) is 48.0 Å². The first kappa shape index (κ1) is 16.7. The lowest BCUT2D eigenvalue weighted by Gasteiger charge is -2.13. The SMILES string of the molecule is CC(C)Sc1ccccc1C(=O)Nc1ccc2c(c1)OCCCO2. The fourth-order valence-electron chi connectivity index (χ4n) is 2.45. The van der Waals surface area contributed by atoms with Gasteiger partial charge in [0.05, 0.1) is 18.8 Å². The van der Waals surface area contributed by atoms with Crippen LogP contribution in [0.2, 0.25) is 0 Å². The molecule has 2 aromatic rings. The molecule has 1 amide bonds. The highest BCUT2D eigenvalue weighted by Gasteiger charge is 2.15. The van der Waals surface area contributed by atoms with E-state index >= 15 is 0 Å². The van der Waals surface area contributed by atoms with E-state index in [1.54, 1.807) is 11.8 Å². The van der Waals surface area contributed by atoms with E-state index < -0.39 is 0 Å². The Labute approximate surface area is 146 Å². The largest absolute Gasteiger partial charge is 0.490 e. The predicted octanol–water partition coefficient (Wildman–Crippen LogP) is 4.60. The van der Waals surface area contributed by atoms with Gasteiger partial charge < -0.3 is 14.8 Å². The number of nitrogens with one attached hydrogen (secondary N) is 1. The predicted molar refractivity (Wildman–Crippen MR) is 97.4 cm³/mol. The highest BCUT2D eigenvalue weighted by atomic mass is 32.2. The molecule has 0 aliphatic carbocycles. The molecular formula is C19H21NO3S. The van der Waals surface area contributed by atoms with Crippen LogP contribution in [0.15, 0.2) is 47.4 Å². The summed E-state index contributed by atoms with van der Waals surface area (Å²) in [6.45, 7) is 5.50. The summed E-state index contributed by atoms with van der Waals surface area (Å²) in [4.78, 5) is 13.6. The lowest BCUT2D eigenvalue weighted by Crippen LogP contribution is -2.13. The second-order valence-corrected chi connectivity index (χ2v) is 7.45. The second-order valence-electron chi connectivity index (χ2n) is 5.83. The van der Waals surface area contributed by atoms with E-state index in [2.05, 4.69) is 19.2 Å². The van der Waals surface area contributed by atoms with E-state index in [1.807, 2.05) is 42.5 Å². The highest BCUT2D eigenvalue weighted by molar-refractivity contribution is 8.00. The molecule has 0 atom stereocenters. The van der Waals surface area contributed by atoms with E-state index in [4.69, 9.17) is 9.47 Å². The third kappa shape index (κ3) is 4.03. The summed E-state index contributed by atoms with van der Waals surface area (Å²) in [7, 11) is 0. The summed E-state index contributed by atoms with van der Waals surface area (Å²) in [5.74, 6) is 1.28. The summed E-state index contributed by atoms with van der Waals surface area (Å²) in [5, 5.41) is 3.37. The van der Waals surface area contributed by atoms with Crippen LogP contribution in [-0.2, 0) is 0 Å². The van der Waals surface area contributed by atoms with Gasteiger partial charge in [0.25, 0.3) is 5.91 Å². The zero-order valence-corrected chi connectivity index (χ0v) is 14.7. The standard InChI is InChI=1S/C19H21NO3S/c1-13(2)24-18-7-4-3-6-15(18)19(21)20-14-8-9-16-17(12-14)23-11-5-10-22-16/h3-4,6-9,12-13H,5,10-11H2,1-2H3,(H,20,21). The number of thioether (sulfide) groups is 1. The number of rotatable bonds is 4. The zero-order chi connectivity index (χ0) is 16.9. The molecule has 1 N–H and O–H groups in total. The van der Waals surface area contributed by atoms with Gasteiger partial charge in [-0.05, 0) is 24.3 Å². The minimum absolute atomic E-state index is 0.117. The number of fused-ring (bicyclic) bond motifs is 1. The average molecular weight is 343 g/mol. The monoisotopic (exact) mass is 343 g/mol. The summed E-state index contributed by atoms with van der Waals surface area (Å²) in [5.41, 5.74) is 1.39. The third-order valence-electron chi connectivity index (χ3n) is 3.50. The molecule has 1 aliphatic heterocycles. The topological polar surface area (TPSA) is 47.6 Å². The van der Waals surface area contributed by atoms with Gasteiger partial charge in [-0.15, -0.1) is 11.8 Å². The van der Waals surface area contributed by atoms with E-state index in [9.17, 15) is 4.79 Å². The van der Waals surface area contributed by atoms with Gasteiger partial charge in [-0.3, -0.25) is 4.79 Å². The van der Waals surface area contributed by atoms with Crippen LogP contribution in [0.4, 0.5) is 5.69 Å². The van der Waals surface area contributed by atoms with Crippen molar-refractivity contribution in [2.45, 2.75) is 30.4 Å². The van der Waals surface area contributed by atoms with Crippen molar-refractivity contribution in [2.75, 3.05) is 18.5 Å². The number of benzene rings is 2. The Morgan fingerprint density at radius 3 is 2.62 bits per heavy atom. The molecule has 1 aliphatic rings. The Kier molecular flexibility index (Phi) is 5.30. The van der Waals surface area contributed by atoms with Crippen LogP contribution < -0.4 is 14.8 Å². The molecule has 0 bridgehead atoms. The number of hydrogen-bond donors (Lipinski definition) is 1. The second kappa shape index (κ2) is 7.62. The maximum Gasteiger partial charge on any atom is 0.256 e. The first-order chi connectivity index (χ1) is 11.6. The van der Waals surface area contributed by atoms with Crippen LogP contribution in [-0.4, -0.2) is 24.4 Å². The quantitative estimate of drug-likeness (QED) is 0.824. The molecule has 3 rings (SSSR count). The molecule has 0 fully saturated rings. The molecule has 1 heterocycles. The molecule has 0 saturated heterocycles. The Morgan fingerprint density at radius 1 is 1.08 bits per heavy atom. The van der Waals surface area contributed by atoms with Gasteiger partial charge in [-0.1, -0.05) is 26.0 Å². The number of carbonyl (C=O) groups is 1. The summed E-state index contributed by atoms with van der Waals surface area (Å²) in [6, 6.07) is 13.2. The maximum absolute atomic E-state index is 12.7. The van der Waals surface area contributed by atoms with Gasteiger partial charge in [0.2, 0.25) is 0 Å². The van der Waals surface area contributed by atoms with Crippen LogP contribution in [0, 0.1) is 0 Å². The van der Waals surface area contributed by atoms with E-state index in [1.165, 1.54) is 0 Å². The smallest absolute Gasteiger partial charge is 0.256 e. The zero-order valence-electron chi connectivity index (χ0n) is 13.9. The van der Waals surface area contributed by atoms with Gasteiger partial charge in [0, 0.05) is 28.3 Å². The Morgan fingerprint density at radius 2 is 1.83 bits per heavy atom. The number of ether oxygens (including phenoxy) is 2. The molecule has 0 aromatic heterocycles. The number of anilines is 1. The van der Waals surface area contributed by atoms with Crippen molar-refractivity contribution in [3.8, 4) is 11.5 Å². The Bertz CT molecular complexity index is 730. The number of amides is 1. The molecule has 0 spiro atoms. The maximum atomic E-state index is 12.7. The van der Waals surface area contributed by atoms with Gasteiger partial charge >= 0.3 is 0 Å². The average Bonchev–Trinajstić information content (AvgIpc) is 2.79. The first-order valence-corrected chi connectivity index (χ1v) is 8.98. The van der Waals surface area contributed by atoms with Crippen molar-refractivity contribution in [2.24, 2.45) is 0 Å². The molecule has 126 valence electrons. The minimum Gasteiger partial charge on any atom is -0.490 e. The molecule has 5 heteroatoms. The lowest BCUT2D eigenvalue weighted by molar-refractivity contribution is 0.102. The molecular weight excluding hydrogens is 322 g/mol. The van der Waals surface area contributed by atoms with Crippen molar-refractivity contribution < 1.29 is 14.3 Å². The van der Waals surface area contributed by atoms with Crippen LogP contribution in [0.1, 0.15) is 30.6 Å². The number of hydrogen-bond acceptors (Lipinski definition) is 4. The van der Waals surface area contributed by atoms with Gasteiger partial charge in [-0.2, -0.15) is 0 Å². The summed E-state index contributed by atoms with van der Waals surface area (Å²) < 4.78 is 11.3. The molecule has 24 heavy (non-hydrogen) atoms. The molecule has 0 radical (unpaired) electrons. The molecule has 0 saturated carbocycles. The summed E-state index contributed by atoms with van der Waals surface area (Å²) in [6.07, 6.45) is 0.857. The van der Waals surface area contributed by atoms with Crippen molar-refractivity contribution >= 4 is 23.4 Å². The van der Waals surface area contributed by atoms with Crippen molar-refractivity contribution in [1.29, 1.82) is 0 Å². The van der Waals surface area contributed by atoms with Crippen LogP contribution >= 0.6 is 11.8 Å². The third-order valence-corrected chi connectivity index (χ3v) is 4.58. The van der Waals surface area contributed by atoms with E-state index in [0.717, 1.165) is 17.1 Å². The van der Waals surface area contributed by atoms with Gasteiger partial charge in [-0.25, -0.2) is 0 Å². The van der Waals surface area contributed by atoms with Crippen molar-refractivity contribution in [3.63, 3.8) is 0 Å². The minimum atomic E-state index is -0.117. The Balaban J connectivity index is 1.79. The van der Waals surface area contributed by atoms with Crippen LogP contribution in [0.25, 0.3) is 0 Å². The molecule has 2 aromatic carbocycles. The fraction of sp³-hybridized carbons (Fsp3) is 0.316. The van der Waals surface area contributed by atoms with Crippen molar-refractivity contribution in [1.82, 2.24) is 0 Å². The normalized spacial score (nSPS) is 13.5. The lowest BCUT2D eigenvalue weighted by atomic mass is 10.2. The van der Waals surface area contributed by atoms with Gasteiger partial charge in [0.15, 0.2) is 11.5 Å². The molecule has 4 nitrogen and oxygen atoms in total. The van der Waals surface area contributed by atoms with E-state index in [-0.39, 0.29) is 5.91 Å². The van der Waals surface area contributed by atoms with Crippen LogP contribution in [0.5, 0.6) is 11.5 Å². The van der Waals surface area contributed by atoms with Crippen LogP contribution in [0.3, 0.4) is 0 Å². The Hall–Kier alpha value is -2.14. The van der Waals surface area contributed by atoms with Gasteiger partial charge in [0.1, 0.15) is 0 Å². The summed E-state index contributed by atoms with van der Waals surface area (Å²) >= 11 is 1.68.